The maximum Gasteiger partial charge on any atom is 0.416 e. The van der Waals surface area contributed by atoms with Crippen molar-refractivity contribution in [1.29, 1.82) is 0 Å². The number of rotatable bonds is 6. The van der Waals surface area contributed by atoms with Crippen LogP contribution in [-0.2, 0) is 11.0 Å². The molecule has 6 nitrogen and oxygen atoms in total. The maximum absolute atomic E-state index is 12.7. The average molecular weight is 488 g/mol. The largest absolute Gasteiger partial charge is 0.481 e. The monoisotopic (exact) mass is 487 g/mol. The Bertz CT molecular complexity index is 1310. The molecule has 1 amide bonds. The first-order valence-electron chi connectivity index (χ1n) is 10.0. The van der Waals surface area contributed by atoms with Crippen molar-refractivity contribution in [3.8, 4) is 17.4 Å². The van der Waals surface area contributed by atoms with Crippen LogP contribution in [0.15, 0.2) is 72.9 Å². The van der Waals surface area contributed by atoms with Gasteiger partial charge in [0.25, 0.3) is 5.91 Å². The number of nitrogens with zero attached hydrogens (tertiary/aromatic N) is 2. The first kappa shape index (κ1) is 23.3. The Balaban J connectivity index is 1.34. The van der Waals surface area contributed by atoms with E-state index >= 15 is 0 Å². The molecule has 10 heteroatoms. The number of benzene rings is 3. The molecule has 0 fully saturated rings. The average Bonchev–Trinajstić information content (AvgIpc) is 2.80. The lowest BCUT2D eigenvalue weighted by Gasteiger charge is -2.15. The van der Waals surface area contributed by atoms with Gasteiger partial charge in [0.2, 0.25) is 5.88 Å². The zero-order chi connectivity index (χ0) is 24.3. The molecule has 174 valence electrons. The molecular formula is C24H17ClF3N3O3. The molecule has 3 aromatic carbocycles. The Morgan fingerprint density at radius 3 is 2.32 bits per heavy atom. The third kappa shape index (κ3) is 5.74. The number of hydrogen-bond acceptors (Lipinski definition) is 5. The number of halogens is 4. The van der Waals surface area contributed by atoms with Gasteiger partial charge in [0.1, 0.15) is 11.5 Å². The molecule has 1 heterocycles. The van der Waals surface area contributed by atoms with Crippen molar-refractivity contribution >= 4 is 34.2 Å². The van der Waals surface area contributed by atoms with Crippen LogP contribution in [-0.4, -0.2) is 22.0 Å². The molecule has 4 rings (SSSR count). The van der Waals surface area contributed by atoms with Crippen molar-refractivity contribution in [3.05, 3.63) is 83.5 Å². The SMILES string of the molecule is CC(Oc1ccc(Oc2cnc3cc(Cl)ccc3n2)cc1)C(=O)Nc1ccc(C(F)(F)F)cc1. The second-order valence-electron chi connectivity index (χ2n) is 7.24. The molecule has 0 radical (unpaired) electrons. The predicted octanol–water partition coefficient (Wildman–Crippen LogP) is 6.50. The fourth-order valence-corrected chi connectivity index (χ4v) is 3.13. The van der Waals surface area contributed by atoms with E-state index < -0.39 is 23.8 Å². The van der Waals surface area contributed by atoms with Crippen molar-refractivity contribution in [1.82, 2.24) is 9.97 Å². The summed E-state index contributed by atoms with van der Waals surface area (Å²) in [5, 5.41) is 3.09. The van der Waals surface area contributed by atoms with Crippen molar-refractivity contribution < 1.29 is 27.4 Å². The minimum atomic E-state index is -4.44. The summed E-state index contributed by atoms with van der Waals surface area (Å²) < 4.78 is 49.3. The highest BCUT2D eigenvalue weighted by molar-refractivity contribution is 6.31. The molecule has 0 aliphatic carbocycles. The molecule has 1 aromatic heterocycles. The van der Waals surface area contributed by atoms with Gasteiger partial charge >= 0.3 is 6.18 Å². The topological polar surface area (TPSA) is 73.3 Å². The van der Waals surface area contributed by atoms with Crippen LogP contribution in [0.5, 0.6) is 17.4 Å². The number of carbonyl (C=O) groups excluding carboxylic acids is 1. The van der Waals surface area contributed by atoms with E-state index in [1.54, 1.807) is 42.5 Å². The van der Waals surface area contributed by atoms with Gasteiger partial charge in [-0.2, -0.15) is 13.2 Å². The molecule has 0 saturated carbocycles. The number of carbonyl (C=O) groups is 1. The molecule has 0 saturated heterocycles. The van der Waals surface area contributed by atoms with Crippen LogP contribution < -0.4 is 14.8 Å². The number of ether oxygens (including phenoxy) is 2. The molecule has 1 N–H and O–H groups in total. The summed E-state index contributed by atoms with van der Waals surface area (Å²) in [6.45, 7) is 1.53. The Labute approximate surface area is 197 Å². The van der Waals surface area contributed by atoms with Crippen LogP contribution in [0.2, 0.25) is 5.02 Å². The van der Waals surface area contributed by atoms with Gasteiger partial charge in [-0.05, 0) is 73.7 Å². The second kappa shape index (κ2) is 9.56. The van der Waals surface area contributed by atoms with Gasteiger partial charge < -0.3 is 14.8 Å². The van der Waals surface area contributed by atoms with Crippen LogP contribution in [0.1, 0.15) is 12.5 Å². The molecule has 34 heavy (non-hydrogen) atoms. The summed E-state index contributed by atoms with van der Waals surface area (Å²) in [6, 6.07) is 15.8. The summed E-state index contributed by atoms with van der Waals surface area (Å²) in [5.41, 5.74) is 0.717. The van der Waals surface area contributed by atoms with E-state index in [2.05, 4.69) is 15.3 Å². The molecule has 1 unspecified atom stereocenters. The Morgan fingerprint density at radius 1 is 0.971 bits per heavy atom. The number of amides is 1. The van der Waals surface area contributed by atoms with Gasteiger partial charge in [0.15, 0.2) is 6.10 Å². The van der Waals surface area contributed by atoms with E-state index in [9.17, 15) is 18.0 Å². The number of nitrogens with one attached hydrogen (secondary N) is 1. The molecule has 0 spiro atoms. The van der Waals surface area contributed by atoms with Crippen LogP contribution in [0.3, 0.4) is 0 Å². The molecule has 0 bridgehead atoms. The minimum Gasteiger partial charge on any atom is -0.481 e. The van der Waals surface area contributed by atoms with E-state index in [0.717, 1.165) is 12.1 Å². The Hall–Kier alpha value is -3.85. The fourth-order valence-electron chi connectivity index (χ4n) is 2.97. The van der Waals surface area contributed by atoms with E-state index in [1.165, 1.54) is 25.3 Å². The van der Waals surface area contributed by atoms with Gasteiger partial charge in [-0.15, -0.1) is 0 Å². The van der Waals surface area contributed by atoms with Gasteiger partial charge in [-0.3, -0.25) is 4.79 Å². The van der Waals surface area contributed by atoms with Gasteiger partial charge in [-0.1, -0.05) is 11.6 Å². The maximum atomic E-state index is 12.7. The highest BCUT2D eigenvalue weighted by Gasteiger charge is 2.30. The Morgan fingerprint density at radius 2 is 1.65 bits per heavy atom. The van der Waals surface area contributed by atoms with Crippen LogP contribution in [0, 0.1) is 0 Å². The smallest absolute Gasteiger partial charge is 0.416 e. The molecular weight excluding hydrogens is 471 g/mol. The summed E-state index contributed by atoms with van der Waals surface area (Å²) >= 11 is 5.95. The van der Waals surface area contributed by atoms with Gasteiger partial charge in [0.05, 0.1) is 22.8 Å². The summed E-state index contributed by atoms with van der Waals surface area (Å²) in [4.78, 5) is 21.0. The zero-order valence-corrected chi connectivity index (χ0v) is 18.4. The van der Waals surface area contributed by atoms with Crippen LogP contribution in [0.25, 0.3) is 11.0 Å². The third-order valence-electron chi connectivity index (χ3n) is 4.69. The summed E-state index contributed by atoms with van der Waals surface area (Å²) in [5.74, 6) is 0.679. The molecule has 4 aromatic rings. The molecule has 1 atom stereocenters. The lowest BCUT2D eigenvalue weighted by Crippen LogP contribution is -2.30. The van der Waals surface area contributed by atoms with E-state index in [4.69, 9.17) is 21.1 Å². The van der Waals surface area contributed by atoms with E-state index in [0.29, 0.717) is 33.4 Å². The summed E-state index contributed by atoms with van der Waals surface area (Å²) in [6.07, 6.45) is -3.85. The number of fused-ring (bicyclic) bond motifs is 1. The summed E-state index contributed by atoms with van der Waals surface area (Å²) in [7, 11) is 0. The predicted molar refractivity (Wildman–Crippen MR) is 121 cm³/mol. The lowest BCUT2D eigenvalue weighted by atomic mass is 10.2. The quantitative estimate of drug-likeness (QED) is 0.336. The number of aromatic nitrogens is 2. The minimum absolute atomic E-state index is 0.232. The van der Waals surface area contributed by atoms with E-state index in [1.807, 2.05) is 0 Å². The van der Waals surface area contributed by atoms with Crippen LogP contribution in [0.4, 0.5) is 18.9 Å². The highest BCUT2D eigenvalue weighted by Crippen LogP contribution is 2.30. The van der Waals surface area contributed by atoms with E-state index in [-0.39, 0.29) is 5.69 Å². The normalized spacial score (nSPS) is 12.3. The van der Waals surface area contributed by atoms with Crippen molar-refractivity contribution in [2.24, 2.45) is 0 Å². The van der Waals surface area contributed by atoms with Crippen molar-refractivity contribution in [3.63, 3.8) is 0 Å². The first-order chi connectivity index (χ1) is 16.2. The Kier molecular flexibility index (Phi) is 6.56. The van der Waals surface area contributed by atoms with Gasteiger partial charge in [-0.25, -0.2) is 9.97 Å². The highest BCUT2D eigenvalue weighted by atomic mass is 35.5. The molecule has 0 aliphatic heterocycles. The third-order valence-corrected chi connectivity index (χ3v) is 4.93. The second-order valence-corrected chi connectivity index (χ2v) is 7.68. The zero-order valence-electron chi connectivity index (χ0n) is 17.6. The van der Waals surface area contributed by atoms with Crippen molar-refractivity contribution in [2.75, 3.05) is 5.32 Å². The van der Waals surface area contributed by atoms with Crippen molar-refractivity contribution in [2.45, 2.75) is 19.2 Å². The number of hydrogen-bond donors (Lipinski definition) is 1. The first-order valence-corrected chi connectivity index (χ1v) is 10.4. The standard InChI is InChI=1S/C24H17ClF3N3O3/c1-14(23(32)30-17-5-2-15(3-6-17)24(26,27)28)33-18-7-9-19(10-8-18)34-22-13-29-21-12-16(25)4-11-20(21)31-22/h2-14H,1H3,(H,30,32). The van der Waals surface area contributed by atoms with Gasteiger partial charge in [0, 0.05) is 10.7 Å². The lowest BCUT2D eigenvalue weighted by molar-refractivity contribution is -0.137. The number of anilines is 1. The molecule has 0 aliphatic rings. The fraction of sp³-hybridized carbons (Fsp3) is 0.125. The number of alkyl halides is 3. The van der Waals surface area contributed by atoms with Crippen LogP contribution >= 0.6 is 11.6 Å².